The van der Waals surface area contributed by atoms with Gasteiger partial charge in [-0.15, -0.1) is 0 Å². The van der Waals surface area contributed by atoms with Crippen molar-refractivity contribution in [2.75, 3.05) is 26.2 Å². The zero-order valence-corrected chi connectivity index (χ0v) is 13.7. The molecule has 0 radical (unpaired) electrons. The molecule has 1 saturated carbocycles. The van der Waals surface area contributed by atoms with Crippen molar-refractivity contribution < 1.29 is 9.84 Å². The predicted molar refractivity (Wildman–Crippen MR) is 84.4 cm³/mol. The average molecular weight is 296 g/mol. The maximum Gasteiger partial charge on any atom is 0.0976 e. The molecule has 4 nitrogen and oxygen atoms in total. The molecule has 4 heteroatoms. The first-order chi connectivity index (χ1) is 10.1. The second-order valence-corrected chi connectivity index (χ2v) is 7.73. The van der Waals surface area contributed by atoms with E-state index in [1.54, 1.807) is 0 Å². The Morgan fingerprint density at radius 2 is 1.76 bits per heavy atom. The Bertz CT molecular complexity index is 332. The van der Waals surface area contributed by atoms with Crippen molar-refractivity contribution in [2.45, 2.75) is 76.7 Å². The van der Waals surface area contributed by atoms with E-state index in [9.17, 15) is 5.11 Å². The molecule has 1 aliphatic carbocycles. The molecule has 2 aliphatic heterocycles. The molecule has 0 bridgehead atoms. The number of aliphatic hydroxyl groups is 1. The Kier molecular flexibility index (Phi) is 4.89. The fraction of sp³-hybridized carbons (Fsp3) is 1.00. The molecule has 0 amide bonds. The molecule has 3 rings (SSSR count). The smallest absolute Gasteiger partial charge is 0.0976 e. The highest BCUT2D eigenvalue weighted by atomic mass is 16.5. The van der Waals surface area contributed by atoms with Gasteiger partial charge < -0.3 is 15.2 Å². The molecule has 122 valence electrons. The topological polar surface area (TPSA) is 44.7 Å². The van der Waals surface area contributed by atoms with Gasteiger partial charge in [-0.3, -0.25) is 4.90 Å². The lowest BCUT2D eigenvalue weighted by Gasteiger charge is -2.45. The molecule has 2 atom stereocenters. The van der Waals surface area contributed by atoms with Crippen molar-refractivity contribution in [2.24, 2.45) is 5.41 Å². The number of hydrogen-bond donors (Lipinski definition) is 2. The molecule has 1 spiro atoms. The summed E-state index contributed by atoms with van der Waals surface area (Å²) >= 11 is 0. The molecule has 0 unspecified atom stereocenters. The van der Waals surface area contributed by atoms with Crippen LogP contribution in [0.25, 0.3) is 0 Å². The van der Waals surface area contributed by atoms with E-state index in [0.717, 1.165) is 13.1 Å². The van der Waals surface area contributed by atoms with Crippen molar-refractivity contribution in [1.29, 1.82) is 0 Å². The summed E-state index contributed by atoms with van der Waals surface area (Å²) in [5.74, 6) is 0. The van der Waals surface area contributed by atoms with Crippen LogP contribution in [0.2, 0.25) is 0 Å². The van der Waals surface area contributed by atoms with E-state index in [1.807, 2.05) is 0 Å². The number of rotatable bonds is 3. The lowest BCUT2D eigenvalue weighted by molar-refractivity contribution is -0.0401. The van der Waals surface area contributed by atoms with Crippen LogP contribution in [0.5, 0.6) is 0 Å². The molecule has 2 heterocycles. The lowest BCUT2D eigenvalue weighted by atomic mass is 9.67. The third-order valence-corrected chi connectivity index (χ3v) is 5.91. The summed E-state index contributed by atoms with van der Waals surface area (Å²) in [5.41, 5.74) is 0.633. The average Bonchev–Trinajstić information content (AvgIpc) is 2.81. The van der Waals surface area contributed by atoms with Gasteiger partial charge in [-0.2, -0.15) is 0 Å². The number of likely N-dealkylation sites (tertiary alicyclic amines) is 1. The van der Waals surface area contributed by atoms with Crippen LogP contribution in [0, 0.1) is 5.41 Å². The SMILES string of the molecule is CC(C)O[C@@H]1CN(C2CCC3(CCNCC3)CC2)C[C@H]1O. The van der Waals surface area contributed by atoms with E-state index in [-0.39, 0.29) is 18.3 Å². The van der Waals surface area contributed by atoms with Gasteiger partial charge in [0.2, 0.25) is 0 Å². The lowest BCUT2D eigenvalue weighted by Crippen LogP contribution is -2.44. The predicted octanol–water partition coefficient (Wildman–Crippen LogP) is 1.77. The third kappa shape index (κ3) is 3.61. The first-order valence-electron chi connectivity index (χ1n) is 8.86. The normalized spacial score (nSPS) is 34.9. The van der Waals surface area contributed by atoms with Gasteiger partial charge in [0.1, 0.15) is 0 Å². The van der Waals surface area contributed by atoms with Crippen LogP contribution in [0.4, 0.5) is 0 Å². The summed E-state index contributed by atoms with van der Waals surface area (Å²) < 4.78 is 5.85. The highest BCUT2D eigenvalue weighted by Gasteiger charge is 2.41. The van der Waals surface area contributed by atoms with E-state index < -0.39 is 0 Å². The molecule has 3 fully saturated rings. The minimum absolute atomic E-state index is 0.0137. The molecule has 0 aromatic rings. The number of nitrogens with one attached hydrogen (secondary N) is 1. The highest BCUT2D eigenvalue weighted by Crippen LogP contribution is 2.44. The van der Waals surface area contributed by atoms with Gasteiger partial charge in [0.05, 0.1) is 18.3 Å². The largest absolute Gasteiger partial charge is 0.389 e. The van der Waals surface area contributed by atoms with E-state index in [2.05, 4.69) is 24.1 Å². The summed E-state index contributed by atoms with van der Waals surface area (Å²) in [6.45, 7) is 8.23. The van der Waals surface area contributed by atoms with Gasteiger partial charge in [0.15, 0.2) is 0 Å². The summed E-state index contributed by atoms with van der Waals surface area (Å²) in [6, 6.07) is 0.668. The molecular weight excluding hydrogens is 264 g/mol. The van der Waals surface area contributed by atoms with E-state index in [4.69, 9.17) is 4.74 Å². The summed E-state index contributed by atoms with van der Waals surface area (Å²) in [7, 11) is 0. The fourth-order valence-corrected chi connectivity index (χ4v) is 4.60. The molecule has 2 saturated heterocycles. The number of hydrogen-bond acceptors (Lipinski definition) is 4. The van der Waals surface area contributed by atoms with Crippen molar-refractivity contribution in [3.05, 3.63) is 0 Å². The summed E-state index contributed by atoms with van der Waals surface area (Å²) in [6.07, 6.45) is 8.00. The Hall–Kier alpha value is -0.160. The molecule has 2 N–H and O–H groups in total. The van der Waals surface area contributed by atoms with Gasteiger partial charge >= 0.3 is 0 Å². The zero-order valence-electron chi connectivity index (χ0n) is 13.7. The number of β-amino-alcohol motifs (C(OH)–C–C–N with tert-alkyl or cyclic N) is 1. The minimum atomic E-state index is -0.304. The van der Waals surface area contributed by atoms with Gasteiger partial charge in [-0.25, -0.2) is 0 Å². The number of ether oxygens (including phenoxy) is 1. The van der Waals surface area contributed by atoms with Crippen LogP contribution >= 0.6 is 0 Å². The number of aliphatic hydroxyl groups excluding tert-OH is 1. The van der Waals surface area contributed by atoms with Crippen molar-refractivity contribution >= 4 is 0 Å². The Morgan fingerprint density at radius 3 is 2.38 bits per heavy atom. The van der Waals surface area contributed by atoms with Crippen molar-refractivity contribution in [1.82, 2.24) is 10.2 Å². The van der Waals surface area contributed by atoms with Crippen LogP contribution in [0.1, 0.15) is 52.4 Å². The number of nitrogens with zero attached hydrogens (tertiary/aromatic N) is 1. The van der Waals surface area contributed by atoms with E-state index in [1.165, 1.54) is 51.6 Å². The molecule has 3 aliphatic rings. The summed E-state index contributed by atoms with van der Waals surface area (Å²) in [4.78, 5) is 2.49. The fourth-order valence-electron chi connectivity index (χ4n) is 4.60. The van der Waals surface area contributed by atoms with Crippen LogP contribution < -0.4 is 5.32 Å². The van der Waals surface area contributed by atoms with Crippen LogP contribution in [0.15, 0.2) is 0 Å². The van der Waals surface area contributed by atoms with Crippen molar-refractivity contribution in [3.8, 4) is 0 Å². The minimum Gasteiger partial charge on any atom is -0.389 e. The highest BCUT2D eigenvalue weighted by molar-refractivity contribution is 4.95. The monoisotopic (exact) mass is 296 g/mol. The second-order valence-electron chi connectivity index (χ2n) is 7.73. The van der Waals surface area contributed by atoms with E-state index >= 15 is 0 Å². The first-order valence-corrected chi connectivity index (χ1v) is 8.86. The Labute approximate surface area is 129 Å². The molecule has 0 aromatic carbocycles. The Morgan fingerprint density at radius 1 is 1.10 bits per heavy atom. The quantitative estimate of drug-likeness (QED) is 0.833. The second kappa shape index (κ2) is 6.53. The first kappa shape index (κ1) is 15.7. The third-order valence-electron chi connectivity index (χ3n) is 5.91. The molecule has 21 heavy (non-hydrogen) atoms. The van der Waals surface area contributed by atoms with Gasteiger partial charge in [-0.05, 0) is 70.9 Å². The summed E-state index contributed by atoms with van der Waals surface area (Å²) in [5, 5.41) is 13.7. The van der Waals surface area contributed by atoms with Crippen molar-refractivity contribution in [3.63, 3.8) is 0 Å². The zero-order chi connectivity index (χ0) is 14.9. The van der Waals surface area contributed by atoms with Gasteiger partial charge in [-0.1, -0.05) is 0 Å². The van der Waals surface area contributed by atoms with E-state index in [0.29, 0.717) is 11.5 Å². The Balaban J connectivity index is 1.51. The molecular formula is C17H32N2O2. The van der Waals surface area contributed by atoms with Crippen LogP contribution in [-0.4, -0.2) is 60.5 Å². The van der Waals surface area contributed by atoms with Gasteiger partial charge in [0, 0.05) is 19.1 Å². The maximum absolute atomic E-state index is 10.2. The van der Waals surface area contributed by atoms with Crippen LogP contribution in [-0.2, 0) is 4.74 Å². The number of piperidine rings is 1. The maximum atomic E-state index is 10.2. The van der Waals surface area contributed by atoms with Gasteiger partial charge in [0.25, 0.3) is 0 Å². The van der Waals surface area contributed by atoms with Crippen LogP contribution in [0.3, 0.4) is 0 Å². The molecule has 0 aromatic heterocycles. The standard InChI is InChI=1S/C17H32N2O2/c1-13(2)21-16-12-19(11-15(16)20)14-3-5-17(6-4-14)7-9-18-10-8-17/h13-16,18,20H,3-12H2,1-2H3/t15-,16-/m1/s1.